The van der Waals surface area contributed by atoms with Crippen molar-refractivity contribution in [3.05, 3.63) is 17.5 Å². The van der Waals surface area contributed by atoms with Crippen LogP contribution in [-0.2, 0) is 22.5 Å². The summed E-state index contributed by atoms with van der Waals surface area (Å²) in [5.41, 5.74) is 0.625. The fourth-order valence-electron chi connectivity index (χ4n) is 3.86. The number of aromatic nitrogens is 1. The number of hydrogen-bond donors (Lipinski definition) is 0. The molecule has 6 heteroatoms. The average molecular weight is 277 g/mol. The normalized spacial score (nSPS) is 33.0. The lowest BCUT2D eigenvalue weighted by molar-refractivity contribution is -0.136. The molecule has 3 aliphatic rings. The van der Waals surface area contributed by atoms with Crippen LogP contribution in [0.25, 0.3) is 0 Å². The van der Waals surface area contributed by atoms with Crippen LogP contribution in [0.4, 0.5) is 0 Å². The van der Waals surface area contributed by atoms with Crippen LogP contribution >= 0.6 is 0 Å². The first-order valence-corrected chi connectivity index (χ1v) is 7.36. The Morgan fingerprint density at radius 3 is 3.20 bits per heavy atom. The molecule has 4 heterocycles. The predicted molar refractivity (Wildman–Crippen MR) is 69.7 cm³/mol. The van der Waals surface area contributed by atoms with E-state index in [-0.39, 0.29) is 17.7 Å². The summed E-state index contributed by atoms with van der Waals surface area (Å²) in [6.07, 6.45) is 2.35. The number of ether oxygens (including phenoxy) is 1. The van der Waals surface area contributed by atoms with Gasteiger partial charge in [0.1, 0.15) is 0 Å². The molecule has 0 saturated carbocycles. The molecule has 0 bridgehead atoms. The summed E-state index contributed by atoms with van der Waals surface area (Å²) in [5.74, 6) is 1.10. The molecule has 0 aliphatic carbocycles. The molecular formula is C14H19N3O3. The second kappa shape index (κ2) is 4.30. The van der Waals surface area contributed by atoms with Gasteiger partial charge in [-0.3, -0.25) is 9.69 Å². The molecule has 3 fully saturated rings. The van der Waals surface area contributed by atoms with Crippen LogP contribution in [0.3, 0.4) is 0 Å². The molecule has 3 saturated heterocycles. The Balaban J connectivity index is 1.55. The summed E-state index contributed by atoms with van der Waals surface area (Å²) in [6, 6.07) is 2.17. The summed E-state index contributed by atoms with van der Waals surface area (Å²) in [7, 11) is 0. The van der Waals surface area contributed by atoms with E-state index in [0.717, 1.165) is 37.4 Å². The Bertz CT molecular complexity index is 544. The minimum Gasteiger partial charge on any atom is -0.360 e. The van der Waals surface area contributed by atoms with E-state index in [0.29, 0.717) is 19.6 Å². The maximum atomic E-state index is 12.1. The Hall–Kier alpha value is -1.40. The fraction of sp³-hybridized carbons (Fsp3) is 0.714. The van der Waals surface area contributed by atoms with E-state index >= 15 is 0 Å². The van der Waals surface area contributed by atoms with Gasteiger partial charge in [-0.2, -0.15) is 0 Å². The van der Waals surface area contributed by atoms with Crippen molar-refractivity contribution >= 4 is 5.91 Å². The third-order valence-electron chi connectivity index (χ3n) is 4.84. The minimum absolute atomic E-state index is 0.160. The van der Waals surface area contributed by atoms with E-state index in [2.05, 4.69) is 17.0 Å². The van der Waals surface area contributed by atoms with Gasteiger partial charge in [-0.05, 0) is 6.42 Å². The monoisotopic (exact) mass is 277 g/mol. The molecule has 1 spiro atoms. The Morgan fingerprint density at radius 1 is 1.50 bits per heavy atom. The largest absolute Gasteiger partial charge is 0.360 e. The third-order valence-corrected chi connectivity index (χ3v) is 4.84. The molecule has 20 heavy (non-hydrogen) atoms. The zero-order chi connectivity index (χ0) is 13.7. The molecule has 4 rings (SSSR count). The number of carbonyl (C=O) groups is 1. The Labute approximate surface area is 117 Å². The zero-order valence-corrected chi connectivity index (χ0v) is 11.7. The number of nitrogens with zero attached hydrogens (tertiary/aromatic N) is 3. The van der Waals surface area contributed by atoms with Crippen LogP contribution in [0.5, 0.6) is 0 Å². The van der Waals surface area contributed by atoms with Crippen molar-refractivity contribution < 1.29 is 14.1 Å². The molecule has 0 N–H and O–H groups in total. The van der Waals surface area contributed by atoms with Gasteiger partial charge in [0, 0.05) is 32.0 Å². The highest BCUT2D eigenvalue weighted by Crippen LogP contribution is 2.45. The van der Waals surface area contributed by atoms with Gasteiger partial charge in [-0.1, -0.05) is 12.1 Å². The molecule has 6 nitrogen and oxygen atoms in total. The highest BCUT2D eigenvalue weighted by molar-refractivity contribution is 5.81. The lowest BCUT2D eigenvalue weighted by Gasteiger charge is -2.31. The van der Waals surface area contributed by atoms with Crippen LogP contribution in [0.1, 0.15) is 31.2 Å². The summed E-state index contributed by atoms with van der Waals surface area (Å²) in [4.78, 5) is 16.3. The van der Waals surface area contributed by atoms with Gasteiger partial charge in [0.25, 0.3) is 0 Å². The number of likely N-dealkylation sites (tertiary alicyclic amines) is 1. The molecule has 1 amide bonds. The highest BCUT2D eigenvalue weighted by atomic mass is 16.5. The quantitative estimate of drug-likeness (QED) is 0.817. The van der Waals surface area contributed by atoms with Gasteiger partial charge in [0.05, 0.1) is 24.9 Å². The Morgan fingerprint density at radius 2 is 2.40 bits per heavy atom. The summed E-state index contributed by atoms with van der Waals surface area (Å²) in [5, 5.41) is 4.03. The van der Waals surface area contributed by atoms with E-state index in [9.17, 15) is 4.79 Å². The van der Waals surface area contributed by atoms with Gasteiger partial charge in [0.2, 0.25) is 5.91 Å². The summed E-state index contributed by atoms with van der Waals surface area (Å²) in [6.45, 7) is 5.12. The average Bonchev–Trinajstić information content (AvgIpc) is 3.16. The highest BCUT2D eigenvalue weighted by Gasteiger charge is 2.61. The first kappa shape index (κ1) is 12.3. The van der Waals surface area contributed by atoms with Crippen LogP contribution in [0, 0.1) is 0 Å². The van der Waals surface area contributed by atoms with Crippen molar-refractivity contribution in [2.45, 2.75) is 44.5 Å². The van der Waals surface area contributed by atoms with Gasteiger partial charge in [-0.25, -0.2) is 0 Å². The molecule has 1 aromatic heterocycles. The zero-order valence-electron chi connectivity index (χ0n) is 11.7. The van der Waals surface area contributed by atoms with Crippen molar-refractivity contribution in [1.82, 2.24) is 15.0 Å². The van der Waals surface area contributed by atoms with Crippen molar-refractivity contribution in [3.8, 4) is 0 Å². The van der Waals surface area contributed by atoms with Gasteiger partial charge in [0.15, 0.2) is 11.5 Å². The molecule has 0 aromatic carbocycles. The lowest BCUT2D eigenvalue weighted by atomic mass is 10.1. The molecule has 108 valence electrons. The molecular weight excluding hydrogens is 258 g/mol. The SMILES string of the molecule is CCc1cc(CN2CC[C@@]34OCCN3C(=O)C[C@@H]24)on1. The van der Waals surface area contributed by atoms with Crippen LogP contribution in [-0.4, -0.2) is 52.3 Å². The standard InChI is InChI=1S/C14H19N3O3/c1-2-10-7-11(20-15-10)9-16-4-3-14-12(16)8-13(18)17(14)5-6-19-14/h7,12H,2-6,8-9H2,1H3/t12-,14+/m1/s1. The van der Waals surface area contributed by atoms with Gasteiger partial charge < -0.3 is 14.2 Å². The third kappa shape index (κ3) is 1.58. The van der Waals surface area contributed by atoms with E-state index in [4.69, 9.17) is 9.26 Å². The molecule has 1 aromatic rings. The van der Waals surface area contributed by atoms with Crippen molar-refractivity contribution in [2.75, 3.05) is 19.7 Å². The maximum absolute atomic E-state index is 12.1. The van der Waals surface area contributed by atoms with Crippen molar-refractivity contribution in [2.24, 2.45) is 0 Å². The second-order valence-electron chi connectivity index (χ2n) is 5.82. The van der Waals surface area contributed by atoms with Gasteiger partial charge in [-0.15, -0.1) is 0 Å². The number of amides is 1. The van der Waals surface area contributed by atoms with Crippen LogP contribution < -0.4 is 0 Å². The minimum atomic E-state index is -0.356. The van der Waals surface area contributed by atoms with Crippen molar-refractivity contribution in [1.29, 1.82) is 0 Å². The fourth-order valence-corrected chi connectivity index (χ4v) is 3.86. The maximum Gasteiger partial charge on any atom is 0.226 e. The Kier molecular flexibility index (Phi) is 2.65. The molecule has 0 radical (unpaired) electrons. The van der Waals surface area contributed by atoms with E-state index in [1.807, 2.05) is 11.0 Å². The van der Waals surface area contributed by atoms with Crippen molar-refractivity contribution in [3.63, 3.8) is 0 Å². The van der Waals surface area contributed by atoms with E-state index in [1.165, 1.54) is 0 Å². The lowest BCUT2D eigenvalue weighted by Crippen LogP contribution is -2.47. The first-order valence-electron chi connectivity index (χ1n) is 7.36. The predicted octanol–water partition coefficient (Wildman–Crippen LogP) is 0.770. The first-order chi connectivity index (χ1) is 9.73. The topological polar surface area (TPSA) is 58.8 Å². The van der Waals surface area contributed by atoms with Crippen LogP contribution in [0.2, 0.25) is 0 Å². The number of aryl methyl sites for hydroxylation is 1. The number of rotatable bonds is 3. The number of carbonyl (C=O) groups excluding carboxylic acids is 1. The smallest absolute Gasteiger partial charge is 0.226 e. The van der Waals surface area contributed by atoms with Gasteiger partial charge >= 0.3 is 0 Å². The summed E-state index contributed by atoms with van der Waals surface area (Å²) >= 11 is 0. The van der Waals surface area contributed by atoms with E-state index in [1.54, 1.807) is 0 Å². The van der Waals surface area contributed by atoms with Crippen LogP contribution in [0.15, 0.2) is 10.6 Å². The molecule has 3 aliphatic heterocycles. The summed E-state index contributed by atoms with van der Waals surface area (Å²) < 4.78 is 11.3. The molecule has 0 unspecified atom stereocenters. The molecule has 2 atom stereocenters. The second-order valence-corrected chi connectivity index (χ2v) is 5.82. The van der Waals surface area contributed by atoms with E-state index < -0.39 is 0 Å². The number of hydrogen-bond acceptors (Lipinski definition) is 5.